The van der Waals surface area contributed by atoms with Gasteiger partial charge in [0.15, 0.2) is 0 Å². The van der Waals surface area contributed by atoms with Crippen LogP contribution in [0.25, 0.3) is 0 Å². The smallest absolute Gasteiger partial charge is 0.326 e. The monoisotopic (exact) mass is 314 g/mol. The summed E-state index contributed by atoms with van der Waals surface area (Å²) in [5.74, 6) is 0.708. The van der Waals surface area contributed by atoms with Gasteiger partial charge in [0.05, 0.1) is 0 Å². The molecule has 120 valence electrons. The highest BCUT2D eigenvalue weighted by molar-refractivity contribution is 7.99. The van der Waals surface area contributed by atoms with Crippen molar-refractivity contribution in [1.82, 2.24) is 10.2 Å². The van der Waals surface area contributed by atoms with Crippen LogP contribution in [0.15, 0.2) is 0 Å². The second kappa shape index (κ2) is 7.92. The third-order valence-corrected chi connectivity index (χ3v) is 5.99. The summed E-state index contributed by atoms with van der Waals surface area (Å²) in [5.41, 5.74) is 0. The Labute approximate surface area is 130 Å². The quantitative estimate of drug-likeness (QED) is 0.837. The lowest BCUT2D eigenvalue weighted by atomic mass is 9.89. The zero-order chi connectivity index (χ0) is 15.2. The number of carbonyl (C=O) groups excluding carboxylic acids is 1. The molecule has 0 spiro atoms. The first-order valence-electron chi connectivity index (χ1n) is 8.00. The van der Waals surface area contributed by atoms with Crippen molar-refractivity contribution >= 4 is 23.8 Å². The average Bonchev–Trinajstić information content (AvgIpc) is 2.52. The van der Waals surface area contributed by atoms with Crippen molar-refractivity contribution in [2.24, 2.45) is 5.92 Å². The van der Waals surface area contributed by atoms with E-state index in [0.29, 0.717) is 30.7 Å². The Morgan fingerprint density at radius 3 is 2.76 bits per heavy atom. The second-order valence-electron chi connectivity index (χ2n) is 6.02. The minimum absolute atomic E-state index is 0.205. The normalized spacial score (nSPS) is 30.0. The zero-order valence-corrected chi connectivity index (χ0v) is 13.5. The van der Waals surface area contributed by atoms with Gasteiger partial charge in [-0.05, 0) is 37.4 Å². The number of carbonyl (C=O) groups is 2. The van der Waals surface area contributed by atoms with Gasteiger partial charge in [-0.2, -0.15) is 11.8 Å². The van der Waals surface area contributed by atoms with E-state index < -0.39 is 12.0 Å². The average molecular weight is 314 g/mol. The van der Waals surface area contributed by atoms with Crippen LogP contribution in [0.1, 0.15) is 45.4 Å². The molecule has 2 aliphatic heterocycles. The number of urea groups is 1. The van der Waals surface area contributed by atoms with Crippen LogP contribution in [0.4, 0.5) is 4.79 Å². The number of amides is 2. The molecule has 0 aromatic carbocycles. The molecule has 2 N–H and O–H groups in total. The molecule has 6 heteroatoms. The molecule has 5 nitrogen and oxygen atoms in total. The summed E-state index contributed by atoms with van der Waals surface area (Å²) >= 11 is 1.91. The number of likely N-dealkylation sites (tertiary alicyclic amines) is 1. The van der Waals surface area contributed by atoms with Crippen LogP contribution < -0.4 is 5.32 Å². The molecular formula is C15H26N2O3S. The van der Waals surface area contributed by atoms with E-state index in [1.807, 2.05) is 11.8 Å². The molecule has 2 amide bonds. The summed E-state index contributed by atoms with van der Waals surface area (Å²) in [5, 5.41) is 12.8. The number of nitrogens with zero attached hydrogens (tertiary/aromatic N) is 1. The van der Waals surface area contributed by atoms with E-state index in [4.69, 9.17) is 0 Å². The molecule has 0 bridgehead atoms. The standard InChI is InChI=1S/C15H26N2O3S/c1-2-11-6-7-17(13(9-11)14(18)19)15(20)16-10-12-5-3-4-8-21-12/h11-13H,2-10H2,1H3,(H,16,20)(H,18,19). The van der Waals surface area contributed by atoms with Gasteiger partial charge in [0.1, 0.15) is 6.04 Å². The maximum Gasteiger partial charge on any atom is 0.326 e. The summed E-state index contributed by atoms with van der Waals surface area (Å²) in [7, 11) is 0. The summed E-state index contributed by atoms with van der Waals surface area (Å²) in [6.45, 7) is 3.29. The summed E-state index contributed by atoms with van der Waals surface area (Å²) < 4.78 is 0. The lowest BCUT2D eigenvalue weighted by molar-refractivity contribution is -0.144. The van der Waals surface area contributed by atoms with Gasteiger partial charge in [0.25, 0.3) is 0 Å². The first kappa shape index (κ1) is 16.5. The van der Waals surface area contributed by atoms with Crippen LogP contribution in [0, 0.1) is 5.92 Å². The summed E-state index contributed by atoms with van der Waals surface area (Å²) in [4.78, 5) is 25.2. The SMILES string of the molecule is CCC1CCN(C(=O)NCC2CCCCS2)C(C(=O)O)C1. The molecule has 0 aliphatic carbocycles. The molecule has 2 fully saturated rings. The molecule has 0 aromatic heterocycles. The highest BCUT2D eigenvalue weighted by Crippen LogP contribution is 2.26. The Morgan fingerprint density at radius 2 is 2.14 bits per heavy atom. The maximum absolute atomic E-state index is 12.3. The van der Waals surface area contributed by atoms with Crippen LogP contribution in [0.3, 0.4) is 0 Å². The highest BCUT2D eigenvalue weighted by atomic mass is 32.2. The minimum Gasteiger partial charge on any atom is -0.480 e. The van der Waals surface area contributed by atoms with Gasteiger partial charge in [-0.3, -0.25) is 0 Å². The van der Waals surface area contributed by atoms with Crippen LogP contribution in [0.2, 0.25) is 0 Å². The van der Waals surface area contributed by atoms with Gasteiger partial charge in [-0.25, -0.2) is 9.59 Å². The van der Waals surface area contributed by atoms with E-state index in [1.165, 1.54) is 23.5 Å². The fraction of sp³-hybridized carbons (Fsp3) is 0.867. The van der Waals surface area contributed by atoms with Crippen LogP contribution in [-0.2, 0) is 4.79 Å². The van der Waals surface area contributed by atoms with Crippen LogP contribution in [-0.4, -0.2) is 52.1 Å². The maximum atomic E-state index is 12.3. The van der Waals surface area contributed by atoms with Crippen molar-refractivity contribution in [3.8, 4) is 0 Å². The fourth-order valence-electron chi connectivity index (χ4n) is 3.16. The number of thioether (sulfide) groups is 1. The van der Waals surface area contributed by atoms with E-state index in [9.17, 15) is 14.7 Å². The summed E-state index contributed by atoms with van der Waals surface area (Å²) in [6.07, 6.45) is 6.11. The van der Waals surface area contributed by atoms with Crippen LogP contribution >= 0.6 is 11.8 Å². The number of carboxylic acids is 1. The van der Waals surface area contributed by atoms with Gasteiger partial charge in [0, 0.05) is 18.3 Å². The molecule has 3 unspecified atom stereocenters. The van der Waals surface area contributed by atoms with Gasteiger partial charge in [-0.15, -0.1) is 0 Å². The Balaban J connectivity index is 1.85. The molecule has 2 saturated heterocycles. The lowest BCUT2D eigenvalue weighted by Gasteiger charge is -2.37. The van der Waals surface area contributed by atoms with Crippen molar-refractivity contribution in [2.45, 2.75) is 56.7 Å². The molecule has 2 rings (SSSR count). The van der Waals surface area contributed by atoms with Crippen molar-refractivity contribution in [1.29, 1.82) is 0 Å². The Morgan fingerprint density at radius 1 is 1.33 bits per heavy atom. The van der Waals surface area contributed by atoms with Gasteiger partial charge in [0.2, 0.25) is 0 Å². The number of nitrogens with one attached hydrogen (secondary N) is 1. The van der Waals surface area contributed by atoms with Crippen molar-refractivity contribution in [3.05, 3.63) is 0 Å². The Bertz CT molecular complexity index is 372. The number of piperidine rings is 1. The molecule has 0 radical (unpaired) electrons. The molecule has 3 atom stereocenters. The van der Waals surface area contributed by atoms with Crippen molar-refractivity contribution < 1.29 is 14.7 Å². The minimum atomic E-state index is -0.879. The number of rotatable bonds is 4. The van der Waals surface area contributed by atoms with Crippen molar-refractivity contribution in [2.75, 3.05) is 18.8 Å². The number of hydrogen-bond donors (Lipinski definition) is 2. The Kier molecular flexibility index (Phi) is 6.21. The van der Waals surface area contributed by atoms with E-state index in [2.05, 4.69) is 12.2 Å². The second-order valence-corrected chi connectivity index (χ2v) is 7.43. The number of carboxylic acid groups (broad SMARTS) is 1. The van der Waals surface area contributed by atoms with Gasteiger partial charge in [-0.1, -0.05) is 19.8 Å². The molecule has 2 heterocycles. The van der Waals surface area contributed by atoms with Crippen LogP contribution in [0.5, 0.6) is 0 Å². The zero-order valence-electron chi connectivity index (χ0n) is 12.7. The summed E-state index contributed by atoms with van der Waals surface area (Å²) in [6, 6.07) is -0.870. The predicted molar refractivity (Wildman–Crippen MR) is 84.6 cm³/mol. The lowest BCUT2D eigenvalue weighted by Crippen LogP contribution is -2.54. The first-order valence-corrected chi connectivity index (χ1v) is 9.05. The van der Waals surface area contributed by atoms with Crippen molar-refractivity contribution in [3.63, 3.8) is 0 Å². The van der Waals surface area contributed by atoms with E-state index in [1.54, 1.807) is 0 Å². The number of aliphatic carboxylic acids is 1. The van der Waals surface area contributed by atoms with E-state index in [-0.39, 0.29) is 6.03 Å². The largest absolute Gasteiger partial charge is 0.480 e. The fourth-order valence-corrected chi connectivity index (χ4v) is 4.40. The molecule has 0 aromatic rings. The third-order valence-electron chi connectivity index (χ3n) is 4.59. The highest BCUT2D eigenvalue weighted by Gasteiger charge is 2.35. The van der Waals surface area contributed by atoms with E-state index >= 15 is 0 Å². The molecule has 0 saturated carbocycles. The van der Waals surface area contributed by atoms with E-state index in [0.717, 1.165) is 19.3 Å². The first-order chi connectivity index (χ1) is 10.1. The molecule has 2 aliphatic rings. The van der Waals surface area contributed by atoms with Gasteiger partial charge >= 0.3 is 12.0 Å². The third kappa shape index (κ3) is 4.53. The topological polar surface area (TPSA) is 69.6 Å². The molecular weight excluding hydrogens is 288 g/mol. The number of hydrogen-bond acceptors (Lipinski definition) is 3. The molecule has 21 heavy (non-hydrogen) atoms. The predicted octanol–water partition coefficient (Wildman–Crippen LogP) is 2.56. The Hall–Kier alpha value is -0.910. The van der Waals surface area contributed by atoms with Gasteiger partial charge < -0.3 is 15.3 Å².